The molecule has 3 nitrogen and oxygen atoms in total. The Balaban J connectivity index is 2.60. The molecule has 2 N–H and O–H groups in total. The van der Waals surface area contributed by atoms with Crippen molar-refractivity contribution in [2.75, 3.05) is 5.32 Å². The summed E-state index contributed by atoms with van der Waals surface area (Å²) in [5.74, 6) is 0.225. The van der Waals surface area contributed by atoms with Gasteiger partial charge < -0.3 is 10.6 Å². The number of carbonyl (C=O) groups excluding carboxylic acids is 1. The summed E-state index contributed by atoms with van der Waals surface area (Å²) in [5, 5.41) is 6.58. The molecule has 1 rings (SSSR count). The zero-order chi connectivity index (χ0) is 13.7. The zero-order valence-electron chi connectivity index (χ0n) is 10.7. The number of anilines is 1. The van der Waals surface area contributed by atoms with Gasteiger partial charge in [0.25, 0.3) is 0 Å². The number of nitrogens with one attached hydrogen (secondary N) is 2. The Hall–Kier alpha value is -1.13. The number of benzene rings is 1. The fourth-order valence-electron chi connectivity index (χ4n) is 1.44. The maximum atomic E-state index is 11.5. The number of carbonyl (C=O) groups is 1. The van der Waals surface area contributed by atoms with Gasteiger partial charge >= 0.3 is 0 Å². The van der Waals surface area contributed by atoms with E-state index in [0.29, 0.717) is 22.5 Å². The minimum absolute atomic E-state index is 0.0813. The Morgan fingerprint density at radius 1 is 1.44 bits per heavy atom. The summed E-state index contributed by atoms with van der Waals surface area (Å²) >= 11 is 11.1. The number of halogens is 1. The quantitative estimate of drug-likeness (QED) is 0.835. The third kappa shape index (κ3) is 4.63. The van der Waals surface area contributed by atoms with Crippen LogP contribution in [0, 0.1) is 12.8 Å². The van der Waals surface area contributed by atoms with Crippen molar-refractivity contribution in [3.05, 3.63) is 28.8 Å². The first-order chi connectivity index (χ1) is 8.40. The Morgan fingerprint density at radius 2 is 2.11 bits per heavy atom. The molecule has 5 heteroatoms. The minimum atomic E-state index is -0.0813. The van der Waals surface area contributed by atoms with E-state index in [-0.39, 0.29) is 5.91 Å². The van der Waals surface area contributed by atoms with Crippen LogP contribution in [0.1, 0.15) is 25.8 Å². The van der Waals surface area contributed by atoms with Crippen LogP contribution in [-0.2, 0) is 4.79 Å². The van der Waals surface area contributed by atoms with E-state index in [1.165, 1.54) is 0 Å². The molecule has 0 spiro atoms. The van der Waals surface area contributed by atoms with Crippen LogP contribution >= 0.6 is 23.8 Å². The highest BCUT2D eigenvalue weighted by atomic mass is 35.5. The Labute approximate surface area is 118 Å². The molecule has 98 valence electrons. The molecule has 0 saturated carbocycles. The molecule has 0 unspecified atom stereocenters. The first-order valence-corrected chi connectivity index (χ1v) is 6.54. The number of amides is 1. The summed E-state index contributed by atoms with van der Waals surface area (Å²) in [6.07, 6.45) is 0.455. The van der Waals surface area contributed by atoms with Gasteiger partial charge in [-0.3, -0.25) is 4.79 Å². The van der Waals surface area contributed by atoms with E-state index in [1.807, 2.05) is 39.0 Å². The number of hydrogen-bond acceptors (Lipinski definition) is 2. The van der Waals surface area contributed by atoms with Crippen LogP contribution in [-0.4, -0.2) is 11.0 Å². The highest BCUT2D eigenvalue weighted by Gasteiger charge is 2.08. The SMILES string of the molecule is Cc1c(Cl)cccc1NC(=S)NC(=O)CC(C)C. The van der Waals surface area contributed by atoms with Gasteiger partial charge in [-0.15, -0.1) is 0 Å². The molecule has 0 aliphatic heterocycles. The summed E-state index contributed by atoms with van der Waals surface area (Å²) in [5.41, 5.74) is 1.71. The van der Waals surface area contributed by atoms with Crippen LogP contribution in [0.5, 0.6) is 0 Å². The van der Waals surface area contributed by atoms with E-state index in [1.54, 1.807) is 0 Å². The van der Waals surface area contributed by atoms with Gasteiger partial charge in [-0.1, -0.05) is 31.5 Å². The third-order valence-corrected chi connectivity index (χ3v) is 2.98. The van der Waals surface area contributed by atoms with Crippen LogP contribution < -0.4 is 10.6 Å². The molecule has 0 atom stereocenters. The monoisotopic (exact) mass is 284 g/mol. The summed E-state index contributed by atoms with van der Waals surface area (Å²) < 4.78 is 0. The van der Waals surface area contributed by atoms with E-state index in [4.69, 9.17) is 23.8 Å². The second-order valence-corrected chi connectivity index (χ2v) is 5.33. The van der Waals surface area contributed by atoms with E-state index >= 15 is 0 Å². The molecule has 18 heavy (non-hydrogen) atoms. The van der Waals surface area contributed by atoms with E-state index in [2.05, 4.69) is 10.6 Å². The van der Waals surface area contributed by atoms with Crippen molar-refractivity contribution in [3.63, 3.8) is 0 Å². The Morgan fingerprint density at radius 3 is 2.72 bits per heavy atom. The van der Waals surface area contributed by atoms with Crippen LogP contribution in [0.15, 0.2) is 18.2 Å². The molecule has 1 aromatic rings. The molecule has 0 aromatic heterocycles. The first-order valence-electron chi connectivity index (χ1n) is 5.76. The van der Waals surface area contributed by atoms with Crippen molar-refractivity contribution in [1.29, 1.82) is 0 Å². The van der Waals surface area contributed by atoms with Crippen molar-refractivity contribution >= 4 is 40.5 Å². The lowest BCUT2D eigenvalue weighted by atomic mass is 10.1. The topological polar surface area (TPSA) is 41.1 Å². The first kappa shape index (κ1) is 14.9. The summed E-state index contributed by atoms with van der Waals surface area (Å²) in [7, 11) is 0. The largest absolute Gasteiger partial charge is 0.332 e. The Kier molecular flexibility index (Phi) is 5.56. The van der Waals surface area contributed by atoms with Gasteiger partial charge in [-0.05, 0) is 42.8 Å². The second-order valence-electron chi connectivity index (χ2n) is 4.51. The average Bonchev–Trinajstić information content (AvgIpc) is 2.23. The van der Waals surface area contributed by atoms with Gasteiger partial charge in [0, 0.05) is 17.1 Å². The van der Waals surface area contributed by atoms with Crippen molar-refractivity contribution in [1.82, 2.24) is 5.32 Å². The lowest BCUT2D eigenvalue weighted by Gasteiger charge is -2.13. The fourth-order valence-corrected chi connectivity index (χ4v) is 1.84. The van der Waals surface area contributed by atoms with Gasteiger partial charge in [0.05, 0.1) is 0 Å². The van der Waals surface area contributed by atoms with Crippen LogP contribution in [0.2, 0.25) is 5.02 Å². The van der Waals surface area contributed by atoms with Crippen molar-refractivity contribution in [2.45, 2.75) is 27.2 Å². The second kappa shape index (κ2) is 6.71. The molecule has 0 bridgehead atoms. The minimum Gasteiger partial charge on any atom is -0.332 e. The lowest BCUT2D eigenvalue weighted by Crippen LogP contribution is -2.34. The van der Waals surface area contributed by atoms with E-state index in [0.717, 1.165) is 11.3 Å². The van der Waals surface area contributed by atoms with Crippen molar-refractivity contribution in [3.8, 4) is 0 Å². The van der Waals surface area contributed by atoms with Crippen LogP contribution in [0.25, 0.3) is 0 Å². The maximum Gasteiger partial charge on any atom is 0.226 e. The van der Waals surface area contributed by atoms with E-state index in [9.17, 15) is 4.79 Å². The summed E-state index contributed by atoms with van der Waals surface area (Å²) in [6, 6.07) is 5.50. The van der Waals surface area contributed by atoms with E-state index < -0.39 is 0 Å². The Bertz CT molecular complexity index is 460. The molecular weight excluding hydrogens is 268 g/mol. The van der Waals surface area contributed by atoms with Crippen LogP contribution in [0.3, 0.4) is 0 Å². The predicted octanol–water partition coefficient (Wildman–Crippen LogP) is 3.51. The fraction of sp³-hybridized carbons (Fsp3) is 0.385. The smallest absolute Gasteiger partial charge is 0.226 e. The molecule has 0 fully saturated rings. The third-order valence-electron chi connectivity index (χ3n) is 2.36. The molecule has 0 heterocycles. The highest BCUT2D eigenvalue weighted by Crippen LogP contribution is 2.22. The van der Waals surface area contributed by atoms with Gasteiger partial charge in [-0.25, -0.2) is 0 Å². The average molecular weight is 285 g/mol. The number of thiocarbonyl (C=S) groups is 1. The summed E-state index contributed by atoms with van der Waals surface area (Å²) in [6.45, 7) is 5.86. The van der Waals surface area contributed by atoms with Gasteiger partial charge in [-0.2, -0.15) is 0 Å². The maximum absolute atomic E-state index is 11.5. The predicted molar refractivity (Wildman–Crippen MR) is 80.0 cm³/mol. The molecule has 0 saturated heterocycles. The molecule has 0 aliphatic carbocycles. The lowest BCUT2D eigenvalue weighted by molar-refractivity contribution is -0.120. The van der Waals surface area contributed by atoms with Gasteiger partial charge in [0.15, 0.2) is 5.11 Å². The summed E-state index contributed by atoms with van der Waals surface area (Å²) in [4.78, 5) is 11.5. The number of hydrogen-bond donors (Lipinski definition) is 2. The normalized spacial score (nSPS) is 10.3. The number of rotatable bonds is 3. The van der Waals surface area contributed by atoms with Gasteiger partial charge in [0.1, 0.15) is 0 Å². The molecule has 1 aromatic carbocycles. The van der Waals surface area contributed by atoms with Crippen molar-refractivity contribution < 1.29 is 4.79 Å². The van der Waals surface area contributed by atoms with Crippen LogP contribution in [0.4, 0.5) is 5.69 Å². The molecular formula is C13H17ClN2OS. The standard InChI is InChI=1S/C13H17ClN2OS/c1-8(2)7-12(17)16-13(18)15-11-6-4-5-10(14)9(11)3/h4-6,8H,7H2,1-3H3,(H2,15,16,17,18). The zero-order valence-corrected chi connectivity index (χ0v) is 12.3. The molecule has 1 amide bonds. The van der Waals surface area contributed by atoms with Gasteiger partial charge in [0.2, 0.25) is 5.91 Å². The molecule has 0 radical (unpaired) electrons. The highest BCUT2D eigenvalue weighted by molar-refractivity contribution is 7.80. The van der Waals surface area contributed by atoms with Crippen molar-refractivity contribution in [2.24, 2.45) is 5.92 Å². The molecule has 0 aliphatic rings.